The summed E-state index contributed by atoms with van der Waals surface area (Å²) in [4.78, 5) is 0. The Kier molecular flexibility index (Phi) is 10.1. The molecule has 8 unspecified atom stereocenters. The summed E-state index contributed by atoms with van der Waals surface area (Å²) in [6.07, 6.45) is -14.6. The zero-order valence-corrected chi connectivity index (χ0v) is 18.0. The highest BCUT2D eigenvalue weighted by Gasteiger charge is 2.48. The molecule has 14 nitrogen and oxygen atoms in total. The van der Waals surface area contributed by atoms with Gasteiger partial charge >= 0.3 is 0 Å². The first-order chi connectivity index (χ1) is 14.9. The molecule has 14 heteroatoms. The standard InChI is InChI=1S/C18H37N3O11/c1-5(19)9(20)16(32-18-15(28)13(26)8(4-23)31-18)11(24)6(2)29-17-10(21)14(27)12(25)7(3-22)30-17/h5-18,22-28H,3-4,19-21H2,1-2H3/t5?,6-,7?,8-,9-,10?,11?,12-,13?,14?,15?,16?,17+,18+/m1/s1. The van der Waals surface area contributed by atoms with Gasteiger partial charge in [0.15, 0.2) is 12.6 Å². The Morgan fingerprint density at radius 1 is 0.812 bits per heavy atom. The molecule has 0 aromatic heterocycles. The Labute approximate surface area is 185 Å². The predicted molar refractivity (Wildman–Crippen MR) is 107 cm³/mol. The first-order valence-corrected chi connectivity index (χ1v) is 10.4. The zero-order chi connectivity index (χ0) is 24.3. The van der Waals surface area contributed by atoms with Gasteiger partial charge in [-0.25, -0.2) is 0 Å². The van der Waals surface area contributed by atoms with E-state index in [2.05, 4.69) is 0 Å². The van der Waals surface area contributed by atoms with Crippen LogP contribution in [0.25, 0.3) is 0 Å². The summed E-state index contributed by atoms with van der Waals surface area (Å²) in [7, 11) is 0. The van der Waals surface area contributed by atoms with Gasteiger partial charge in [-0.15, -0.1) is 0 Å². The van der Waals surface area contributed by atoms with Crippen molar-refractivity contribution >= 4 is 0 Å². The van der Waals surface area contributed by atoms with Crippen molar-refractivity contribution in [2.45, 2.75) is 99.5 Å². The quantitative estimate of drug-likeness (QED) is 0.142. The molecule has 2 saturated heterocycles. The van der Waals surface area contributed by atoms with Crippen LogP contribution in [0, 0.1) is 0 Å². The molecule has 2 aliphatic heterocycles. The molecule has 13 N–H and O–H groups in total. The van der Waals surface area contributed by atoms with Crippen LogP contribution in [0.4, 0.5) is 0 Å². The number of hydrogen-bond acceptors (Lipinski definition) is 14. The summed E-state index contributed by atoms with van der Waals surface area (Å²) in [5.74, 6) is 0. The lowest BCUT2D eigenvalue weighted by atomic mass is 9.96. The molecule has 14 atom stereocenters. The molecule has 0 bridgehead atoms. The Hall–Kier alpha value is -0.560. The van der Waals surface area contributed by atoms with Crippen LogP contribution in [0.3, 0.4) is 0 Å². The maximum Gasteiger partial charge on any atom is 0.187 e. The molecule has 2 heterocycles. The van der Waals surface area contributed by atoms with E-state index in [-0.39, 0.29) is 0 Å². The Morgan fingerprint density at radius 3 is 1.81 bits per heavy atom. The molecule has 0 saturated carbocycles. The van der Waals surface area contributed by atoms with Gasteiger partial charge in [0.05, 0.1) is 25.4 Å². The van der Waals surface area contributed by atoms with E-state index in [1.54, 1.807) is 6.92 Å². The number of aliphatic hydroxyl groups is 7. The Balaban J connectivity index is 2.12. The highest BCUT2D eigenvalue weighted by Crippen LogP contribution is 2.27. The minimum absolute atomic E-state index is 0.568. The topological polar surface area (TPSA) is 257 Å². The van der Waals surface area contributed by atoms with E-state index in [4.69, 9.17) is 36.1 Å². The van der Waals surface area contributed by atoms with E-state index >= 15 is 0 Å². The van der Waals surface area contributed by atoms with Crippen molar-refractivity contribution in [1.82, 2.24) is 0 Å². The second-order valence-electron chi connectivity index (χ2n) is 8.36. The van der Waals surface area contributed by atoms with E-state index < -0.39 is 98.9 Å². The van der Waals surface area contributed by atoms with Gasteiger partial charge < -0.3 is 71.9 Å². The largest absolute Gasteiger partial charge is 0.394 e. The summed E-state index contributed by atoms with van der Waals surface area (Å²) in [5, 5.41) is 69.5. The van der Waals surface area contributed by atoms with Crippen LogP contribution in [-0.4, -0.2) is 135 Å². The fraction of sp³-hybridized carbons (Fsp3) is 1.00. The van der Waals surface area contributed by atoms with Crippen LogP contribution in [-0.2, 0) is 18.9 Å². The van der Waals surface area contributed by atoms with Crippen molar-refractivity contribution in [2.75, 3.05) is 13.2 Å². The molecule has 2 fully saturated rings. The van der Waals surface area contributed by atoms with Crippen molar-refractivity contribution in [1.29, 1.82) is 0 Å². The number of rotatable bonds is 10. The Bertz CT molecular complexity index is 574. The van der Waals surface area contributed by atoms with Gasteiger partial charge in [0, 0.05) is 12.1 Å². The summed E-state index contributed by atoms with van der Waals surface area (Å²) < 4.78 is 22.0. The maximum absolute atomic E-state index is 10.9. The van der Waals surface area contributed by atoms with Gasteiger partial charge in [-0.05, 0) is 13.8 Å². The fourth-order valence-electron chi connectivity index (χ4n) is 3.62. The normalized spacial score (nSPS) is 42.9. The van der Waals surface area contributed by atoms with Crippen LogP contribution >= 0.6 is 0 Å². The first kappa shape index (κ1) is 27.7. The van der Waals surface area contributed by atoms with Crippen molar-refractivity contribution in [3.8, 4) is 0 Å². The molecule has 2 aliphatic rings. The van der Waals surface area contributed by atoms with Crippen molar-refractivity contribution < 1.29 is 54.7 Å². The third-order valence-corrected chi connectivity index (χ3v) is 5.87. The molecule has 0 amide bonds. The average molecular weight is 472 g/mol. The molecule has 0 aromatic rings. The number of hydrogen-bond donors (Lipinski definition) is 10. The highest BCUT2D eigenvalue weighted by molar-refractivity contribution is 4.95. The van der Waals surface area contributed by atoms with Gasteiger partial charge in [0.25, 0.3) is 0 Å². The van der Waals surface area contributed by atoms with Gasteiger partial charge in [-0.3, -0.25) is 0 Å². The van der Waals surface area contributed by atoms with E-state index in [0.29, 0.717) is 0 Å². The van der Waals surface area contributed by atoms with Crippen LogP contribution in [0.2, 0.25) is 0 Å². The van der Waals surface area contributed by atoms with Gasteiger partial charge in [-0.1, -0.05) is 0 Å². The number of nitrogens with two attached hydrogens (primary N) is 3. The molecule has 0 spiro atoms. The smallest absolute Gasteiger partial charge is 0.187 e. The predicted octanol–water partition coefficient (Wildman–Crippen LogP) is -5.98. The van der Waals surface area contributed by atoms with Crippen molar-refractivity contribution in [3.63, 3.8) is 0 Å². The van der Waals surface area contributed by atoms with Crippen LogP contribution < -0.4 is 17.2 Å². The van der Waals surface area contributed by atoms with Gasteiger partial charge in [0.2, 0.25) is 0 Å². The van der Waals surface area contributed by atoms with Crippen LogP contribution in [0.15, 0.2) is 0 Å². The second-order valence-corrected chi connectivity index (χ2v) is 8.36. The minimum atomic E-state index is -1.52. The molecule has 0 aliphatic carbocycles. The summed E-state index contributed by atoms with van der Waals surface area (Å²) >= 11 is 0. The highest BCUT2D eigenvalue weighted by atomic mass is 16.7. The molecule has 2 rings (SSSR count). The van der Waals surface area contributed by atoms with Gasteiger partial charge in [-0.2, -0.15) is 0 Å². The molecule has 0 aromatic carbocycles. The number of ether oxygens (including phenoxy) is 4. The summed E-state index contributed by atoms with van der Waals surface area (Å²) in [6.45, 7) is 1.84. The molecular formula is C18H37N3O11. The van der Waals surface area contributed by atoms with Crippen LogP contribution in [0.1, 0.15) is 13.8 Å². The van der Waals surface area contributed by atoms with E-state index in [1.807, 2.05) is 0 Å². The summed E-state index contributed by atoms with van der Waals surface area (Å²) in [6, 6.07) is -2.84. The number of aliphatic hydroxyl groups excluding tert-OH is 7. The second kappa shape index (κ2) is 11.7. The SMILES string of the molecule is CC(N)[C@@H](N)C(O[C@@H]1O[C@H](CO)C(O)C1O)C(O)[C@@H](C)O[C@H]1OC(CO)[C@@H](O)C(O)C1N. The van der Waals surface area contributed by atoms with Crippen LogP contribution in [0.5, 0.6) is 0 Å². The fourth-order valence-corrected chi connectivity index (χ4v) is 3.62. The first-order valence-electron chi connectivity index (χ1n) is 10.4. The monoisotopic (exact) mass is 471 g/mol. The third-order valence-electron chi connectivity index (χ3n) is 5.87. The maximum atomic E-state index is 10.9. The molecule has 190 valence electrons. The lowest BCUT2D eigenvalue weighted by Gasteiger charge is -2.42. The zero-order valence-electron chi connectivity index (χ0n) is 18.0. The molecule has 32 heavy (non-hydrogen) atoms. The van der Waals surface area contributed by atoms with E-state index in [0.717, 1.165) is 0 Å². The van der Waals surface area contributed by atoms with Crippen molar-refractivity contribution in [2.24, 2.45) is 17.2 Å². The van der Waals surface area contributed by atoms with E-state index in [9.17, 15) is 35.7 Å². The third kappa shape index (κ3) is 5.92. The molecule has 0 radical (unpaired) electrons. The Morgan fingerprint density at radius 2 is 1.31 bits per heavy atom. The lowest BCUT2D eigenvalue weighted by molar-refractivity contribution is -0.292. The minimum Gasteiger partial charge on any atom is -0.394 e. The summed E-state index contributed by atoms with van der Waals surface area (Å²) in [5.41, 5.74) is 17.8. The van der Waals surface area contributed by atoms with Gasteiger partial charge in [0.1, 0.15) is 48.8 Å². The van der Waals surface area contributed by atoms with E-state index in [1.165, 1.54) is 6.92 Å². The average Bonchev–Trinajstić information content (AvgIpc) is 3.04. The van der Waals surface area contributed by atoms with Crippen molar-refractivity contribution in [3.05, 3.63) is 0 Å². The molecular weight excluding hydrogens is 434 g/mol. The lowest BCUT2D eigenvalue weighted by Crippen LogP contribution is -2.64.